The summed E-state index contributed by atoms with van der Waals surface area (Å²) < 4.78 is 13.1. The summed E-state index contributed by atoms with van der Waals surface area (Å²) in [5, 5.41) is 14.3. The zero-order valence-electron chi connectivity index (χ0n) is 10.9. The highest BCUT2D eigenvalue weighted by molar-refractivity contribution is 7.10. The minimum absolute atomic E-state index is 0.0325. The molecule has 0 aliphatic carbocycles. The van der Waals surface area contributed by atoms with Crippen molar-refractivity contribution in [2.75, 3.05) is 11.9 Å². The lowest BCUT2D eigenvalue weighted by molar-refractivity contribution is 0.569. The third-order valence-electron chi connectivity index (χ3n) is 3.01. The van der Waals surface area contributed by atoms with Crippen LogP contribution in [0.25, 0.3) is 0 Å². The van der Waals surface area contributed by atoms with Gasteiger partial charge in [0.25, 0.3) is 0 Å². The Balaban J connectivity index is 2.13. The standard InChI is InChI=1S/C15H15FN2S/c1-15(2,14-4-3-7-19-14)10-18-13-6-5-12(16)8-11(13)9-17/h3-8,18H,10H2,1-2H3. The van der Waals surface area contributed by atoms with Crippen LogP contribution in [0.2, 0.25) is 0 Å². The molecule has 0 atom stereocenters. The predicted molar refractivity (Wildman–Crippen MR) is 76.9 cm³/mol. The summed E-state index contributed by atoms with van der Waals surface area (Å²) in [6.07, 6.45) is 0. The molecule has 2 nitrogen and oxygen atoms in total. The maximum atomic E-state index is 13.1. The van der Waals surface area contributed by atoms with E-state index in [2.05, 4.69) is 30.6 Å². The second-order valence-electron chi connectivity index (χ2n) is 5.02. The SMILES string of the molecule is CC(C)(CNc1ccc(F)cc1C#N)c1cccs1. The Labute approximate surface area is 116 Å². The van der Waals surface area contributed by atoms with Crippen molar-refractivity contribution in [1.29, 1.82) is 5.26 Å². The van der Waals surface area contributed by atoms with E-state index in [9.17, 15) is 4.39 Å². The summed E-state index contributed by atoms with van der Waals surface area (Å²) in [6.45, 7) is 4.97. The van der Waals surface area contributed by atoms with Gasteiger partial charge in [0, 0.05) is 16.8 Å². The fourth-order valence-corrected chi connectivity index (χ4v) is 2.68. The van der Waals surface area contributed by atoms with Crippen molar-refractivity contribution in [3.8, 4) is 6.07 Å². The number of anilines is 1. The van der Waals surface area contributed by atoms with E-state index in [1.807, 2.05) is 12.1 Å². The first kappa shape index (κ1) is 13.6. The van der Waals surface area contributed by atoms with E-state index in [0.717, 1.165) is 0 Å². The fourth-order valence-electron chi connectivity index (χ4n) is 1.83. The van der Waals surface area contributed by atoms with Crippen LogP contribution in [0, 0.1) is 17.1 Å². The average Bonchev–Trinajstić information content (AvgIpc) is 2.91. The highest BCUT2D eigenvalue weighted by atomic mass is 32.1. The van der Waals surface area contributed by atoms with Gasteiger partial charge in [-0.3, -0.25) is 0 Å². The monoisotopic (exact) mass is 274 g/mol. The van der Waals surface area contributed by atoms with E-state index in [-0.39, 0.29) is 11.2 Å². The molecule has 2 rings (SSSR count). The molecule has 2 aromatic rings. The van der Waals surface area contributed by atoms with Gasteiger partial charge in [-0.1, -0.05) is 19.9 Å². The summed E-state index contributed by atoms with van der Waals surface area (Å²) in [4.78, 5) is 1.28. The molecule has 19 heavy (non-hydrogen) atoms. The Hall–Kier alpha value is -1.86. The van der Waals surface area contributed by atoms with Crippen LogP contribution < -0.4 is 5.32 Å². The summed E-state index contributed by atoms with van der Waals surface area (Å²) >= 11 is 1.71. The number of halogens is 1. The zero-order valence-corrected chi connectivity index (χ0v) is 11.7. The molecule has 0 aliphatic heterocycles. The minimum atomic E-state index is -0.389. The molecule has 0 unspecified atom stereocenters. The molecule has 4 heteroatoms. The molecule has 1 aromatic heterocycles. The Morgan fingerprint density at radius 3 is 2.79 bits per heavy atom. The first-order valence-electron chi connectivity index (χ1n) is 6.00. The Morgan fingerprint density at radius 2 is 2.16 bits per heavy atom. The molecule has 0 radical (unpaired) electrons. The van der Waals surface area contributed by atoms with Gasteiger partial charge in [0.15, 0.2) is 0 Å². The molecule has 0 bridgehead atoms. The Kier molecular flexibility index (Phi) is 3.87. The molecular formula is C15H15FN2S. The Morgan fingerprint density at radius 1 is 1.37 bits per heavy atom. The van der Waals surface area contributed by atoms with Gasteiger partial charge < -0.3 is 5.32 Å². The zero-order chi connectivity index (χ0) is 13.9. The van der Waals surface area contributed by atoms with Gasteiger partial charge in [-0.2, -0.15) is 5.26 Å². The number of nitrogens with zero attached hydrogens (tertiary/aromatic N) is 1. The summed E-state index contributed by atoms with van der Waals surface area (Å²) in [5.74, 6) is -0.389. The van der Waals surface area contributed by atoms with Gasteiger partial charge in [0.2, 0.25) is 0 Å². The molecule has 0 aliphatic rings. The number of hydrogen-bond donors (Lipinski definition) is 1. The lowest BCUT2D eigenvalue weighted by Crippen LogP contribution is -2.26. The second kappa shape index (κ2) is 5.41. The lowest BCUT2D eigenvalue weighted by Gasteiger charge is -2.24. The third kappa shape index (κ3) is 3.12. The van der Waals surface area contributed by atoms with Gasteiger partial charge >= 0.3 is 0 Å². The highest BCUT2D eigenvalue weighted by Gasteiger charge is 2.21. The van der Waals surface area contributed by atoms with Crippen LogP contribution in [-0.4, -0.2) is 6.54 Å². The van der Waals surface area contributed by atoms with Gasteiger partial charge in [-0.05, 0) is 29.6 Å². The van der Waals surface area contributed by atoms with Crippen LogP contribution in [0.1, 0.15) is 24.3 Å². The first-order valence-corrected chi connectivity index (χ1v) is 6.88. The van der Waals surface area contributed by atoms with Gasteiger partial charge in [-0.25, -0.2) is 4.39 Å². The smallest absolute Gasteiger partial charge is 0.124 e. The average molecular weight is 274 g/mol. The summed E-state index contributed by atoms with van der Waals surface area (Å²) in [7, 11) is 0. The van der Waals surface area contributed by atoms with Crippen LogP contribution in [0.4, 0.5) is 10.1 Å². The van der Waals surface area contributed by atoms with Crippen LogP contribution >= 0.6 is 11.3 Å². The van der Waals surface area contributed by atoms with Gasteiger partial charge in [0.1, 0.15) is 11.9 Å². The van der Waals surface area contributed by atoms with Crippen molar-refractivity contribution in [2.24, 2.45) is 0 Å². The number of benzene rings is 1. The normalized spacial score (nSPS) is 11.1. The molecule has 1 N–H and O–H groups in total. The fraction of sp³-hybridized carbons (Fsp3) is 0.267. The molecule has 0 fully saturated rings. The van der Waals surface area contributed by atoms with Crippen LogP contribution in [0.15, 0.2) is 35.7 Å². The van der Waals surface area contributed by atoms with E-state index in [1.165, 1.54) is 17.0 Å². The van der Waals surface area contributed by atoms with Gasteiger partial charge in [0.05, 0.1) is 11.3 Å². The van der Waals surface area contributed by atoms with Crippen molar-refractivity contribution in [1.82, 2.24) is 0 Å². The number of thiophene rings is 1. The quantitative estimate of drug-likeness (QED) is 0.909. The molecule has 0 saturated heterocycles. The van der Waals surface area contributed by atoms with E-state index in [0.29, 0.717) is 17.8 Å². The topological polar surface area (TPSA) is 35.8 Å². The number of nitrogens with one attached hydrogen (secondary N) is 1. The van der Waals surface area contributed by atoms with E-state index in [4.69, 9.17) is 5.26 Å². The molecule has 0 saturated carbocycles. The van der Waals surface area contributed by atoms with Crippen molar-refractivity contribution in [2.45, 2.75) is 19.3 Å². The van der Waals surface area contributed by atoms with Crippen LogP contribution in [0.3, 0.4) is 0 Å². The van der Waals surface area contributed by atoms with Crippen molar-refractivity contribution in [3.63, 3.8) is 0 Å². The molecular weight excluding hydrogens is 259 g/mol. The van der Waals surface area contributed by atoms with Crippen LogP contribution in [0.5, 0.6) is 0 Å². The molecule has 0 amide bonds. The number of nitriles is 1. The van der Waals surface area contributed by atoms with Gasteiger partial charge in [-0.15, -0.1) is 11.3 Å². The highest BCUT2D eigenvalue weighted by Crippen LogP contribution is 2.28. The van der Waals surface area contributed by atoms with Crippen molar-refractivity contribution >= 4 is 17.0 Å². The van der Waals surface area contributed by atoms with Crippen molar-refractivity contribution in [3.05, 3.63) is 52.0 Å². The number of hydrogen-bond acceptors (Lipinski definition) is 3. The third-order valence-corrected chi connectivity index (χ3v) is 4.25. The van der Waals surface area contributed by atoms with E-state index < -0.39 is 0 Å². The maximum absolute atomic E-state index is 13.1. The lowest BCUT2D eigenvalue weighted by atomic mass is 9.91. The molecule has 0 spiro atoms. The summed E-state index contributed by atoms with van der Waals surface area (Å²) in [6, 6.07) is 10.4. The first-order chi connectivity index (χ1) is 9.03. The number of rotatable bonds is 4. The van der Waals surface area contributed by atoms with Crippen LogP contribution in [-0.2, 0) is 5.41 Å². The molecule has 1 heterocycles. The molecule has 1 aromatic carbocycles. The maximum Gasteiger partial charge on any atom is 0.124 e. The Bertz CT molecular complexity index is 597. The predicted octanol–water partition coefficient (Wildman–Crippen LogP) is 4.15. The largest absolute Gasteiger partial charge is 0.383 e. The molecule has 98 valence electrons. The van der Waals surface area contributed by atoms with E-state index >= 15 is 0 Å². The van der Waals surface area contributed by atoms with E-state index in [1.54, 1.807) is 17.4 Å². The second-order valence-corrected chi connectivity index (χ2v) is 5.96. The summed E-state index contributed by atoms with van der Waals surface area (Å²) in [5.41, 5.74) is 0.977. The minimum Gasteiger partial charge on any atom is -0.383 e. The van der Waals surface area contributed by atoms with Crippen molar-refractivity contribution < 1.29 is 4.39 Å².